The zero-order valence-corrected chi connectivity index (χ0v) is 17.8. The first kappa shape index (κ1) is 20.7. The van der Waals surface area contributed by atoms with Crippen molar-refractivity contribution in [3.8, 4) is 5.75 Å². The van der Waals surface area contributed by atoms with Crippen LogP contribution in [0.15, 0.2) is 42.5 Å². The molecule has 0 aliphatic carbocycles. The minimum absolute atomic E-state index is 0.0232. The Kier molecular flexibility index (Phi) is 6.56. The van der Waals surface area contributed by atoms with Gasteiger partial charge in [0.15, 0.2) is 0 Å². The first-order valence-corrected chi connectivity index (χ1v) is 10.8. The minimum atomic E-state index is -0.227. The third-order valence-electron chi connectivity index (χ3n) is 5.16. The Bertz CT molecular complexity index is 1030. The number of aromatic nitrogens is 1. The van der Waals surface area contributed by atoms with E-state index in [1.54, 1.807) is 30.6 Å². The number of halogens is 1. The van der Waals surface area contributed by atoms with Crippen LogP contribution in [0.5, 0.6) is 5.75 Å². The van der Waals surface area contributed by atoms with Crippen LogP contribution in [0.4, 0.5) is 10.1 Å². The Hall–Kier alpha value is -2.55. The number of fused-ring (bicyclic) bond motifs is 1. The molecule has 0 radical (unpaired) electrons. The van der Waals surface area contributed by atoms with Gasteiger partial charge in [-0.05, 0) is 49.8 Å². The van der Waals surface area contributed by atoms with Gasteiger partial charge >= 0.3 is 0 Å². The van der Waals surface area contributed by atoms with Crippen molar-refractivity contribution < 1.29 is 13.9 Å². The number of ether oxygens (including phenoxy) is 1. The highest BCUT2D eigenvalue weighted by atomic mass is 32.1. The molecule has 0 atom stereocenters. The normalized spacial score (nSPS) is 15.8. The van der Waals surface area contributed by atoms with Crippen LogP contribution in [0.2, 0.25) is 0 Å². The summed E-state index contributed by atoms with van der Waals surface area (Å²) in [5.41, 5.74) is 1.59. The molecule has 2 aromatic carbocycles. The topological polar surface area (TPSA) is 57.7 Å². The molecule has 1 N–H and O–H groups in total. The van der Waals surface area contributed by atoms with Gasteiger partial charge in [0.05, 0.1) is 30.4 Å². The number of nitrogens with zero attached hydrogens (tertiary/aromatic N) is 3. The van der Waals surface area contributed by atoms with E-state index in [-0.39, 0.29) is 11.7 Å². The van der Waals surface area contributed by atoms with Gasteiger partial charge in [0.1, 0.15) is 16.6 Å². The molecule has 0 spiro atoms. The lowest BCUT2D eigenvalue weighted by atomic mass is 10.3. The van der Waals surface area contributed by atoms with Crippen LogP contribution in [0, 0.1) is 5.82 Å². The molecule has 0 saturated carbocycles. The molecule has 1 saturated heterocycles. The van der Waals surface area contributed by atoms with Gasteiger partial charge in [0.25, 0.3) is 0 Å². The number of carbonyl (C=O) groups is 1. The van der Waals surface area contributed by atoms with Crippen molar-refractivity contribution in [2.24, 2.45) is 0 Å². The maximum absolute atomic E-state index is 13.4. The molecule has 30 heavy (non-hydrogen) atoms. The van der Waals surface area contributed by atoms with E-state index in [1.807, 2.05) is 24.3 Å². The number of anilines is 1. The Balaban J connectivity index is 1.29. The zero-order chi connectivity index (χ0) is 20.9. The van der Waals surface area contributed by atoms with Crippen LogP contribution in [-0.2, 0) is 11.3 Å². The first-order chi connectivity index (χ1) is 14.6. The van der Waals surface area contributed by atoms with Gasteiger partial charge in [-0.15, -0.1) is 11.3 Å². The standard InChI is InChI=1S/C22H25FN4O2S/c1-29-18-5-2-4-17(13-18)24-21(28)14-26-8-3-9-27(11-10-26)15-22-25-19-7-6-16(23)12-20(19)30-22/h2,4-7,12-13H,3,8-11,14-15H2,1H3,(H,24,28). The Morgan fingerprint density at radius 2 is 2.00 bits per heavy atom. The second-order valence-corrected chi connectivity index (χ2v) is 8.52. The maximum Gasteiger partial charge on any atom is 0.238 e. The molecule has 1 aliphatic rings. The van der Waals surface area contributed by atoms with Crippen LogP contribution in [-0.4, -0.2) is 60.5 Å². The molecule has 1 aliphatic heterocycles. The summed E-state index contributed by atoms with van der Waals surface area (Å²) in [5.74, 6) is 0.469. The fourth-order valence-corrected chi connectivity index (χ4v) is 4.68. The number of hydrogen-bond acceptors (Lipinski definition) is 6. The molecule has 1 amide bonds. The molecule has 8 heteroatoms. The monoisotopic (exact) mass is 428 g/mol. The third kappa shape index (κ3) is 5.33. The summed E-state index contributed by atoms with van der Waals surface area (Å²) in [5, 5.41) is 3.94. The zero-order valence-electron chi connectivity index (χ0n) is 16.9. The van der Waals surface area contributed by atoms with E-state index in [0.717, 1.165) is 65.8 Å². The fourth-order valence-electron chi connectivity index (χ4n) is 3.65. The van der Waals surface area contributed by atoms with Crippen LogP contribution >= 0.6 is 11.3 Å². The van der Waals surface area contributed by atoms with Crippen LogP contribution in [0.1, 0.15) is 11.4 Å². The fraction of sp³-hybridized carbons (Fsp3) is 0.364. The van der Waals surface area contributed by atoms with Gasteiger partial charge in [0.2, 0.25) is 5.91 Å². The van der Waals surface area contributed by atoms with E-state index < -0.39 is 0 Å². The lowest BCUT2D eigenvalue weighted by Gasteiger charge is -2.20. The van der Waals surface area contributed by atoms with E-state index in [9.17, 15) is 9.18 Å². The number of nitrogens with one attached hydrogen (secondary N) is 1. The second kappa shape index (κ2) is 9.51. The smallest absolute Gasteiger partial charge is 0.238 e. The molecule has 3 aromatic rings. The summed E-state index contributed by atoms with van der Waals surface area (Å²) in [6, 6.07) is 12.1. The number of methoxy groups -OCH3 is 1. The average molecular weight is 429 g/mol. The number of thiazole rings is 1. The van der Waals surface area contributed by atoms with E-state index in [2.05, 4.69) is 20.1 Å². The Labute approximate surface area is 179 Å². The summed E-state index contributed by atoms with van der Waals surface area (Å²) in [6.45, 7) is 4.66. The summed E-state index contributed by atoms with van der Waals surface area (Å²) < 4.78 is 19.5. The van der Waals surface area contributed by atoms with Crippen molar-refractivity contribution in [3.63, 3.8) is 0 Å². The van der Waals surface area contributed by atoms with E-state index in [0.29, 0.717) is 6.54 Å². The largest absolute Gasteiger partial charge is 0.497 e. The van der Waals surface area contributed by atoms with Gasteiger partial charge in [-0.2, -0.15) is 0 Å². The highest BCUT2D eigenvalue weighted by Crippen LogP contribution is 2.24. The summed E-state index contributed by atoms with van der Waals surface area (Å²) in [4.78, 5) is 21.6. The second-order valence-electron chi connectivity index (χ2n) is 7.41. The molecule has 1 aromatic heterocycles. The van der Waals surface area contributed by atoms with Crippen molar-refractivity contribution in [1.29, 1.82) is 0 Å². The molecule has 4 rings (SSSR count). The lowest BCUT2D eigenvalue weighted by molar-refractivity contribution is -0.117. The SMILES string of the molecule is COc1cccc(NC(=O)CN2CCCN(Cc3nc4ccc(F)cc4s3)CC2)c1. The van der Waals surface area contributed by atoms with Crippen LogP contribution < -0.4 is 10.1 Å². The maximum atomic E-state index is 13.4. The van der Waals surface area contributed by atoms with Gasteiger partial charge in [-0.1, -0.05) is 6.07 Å². The molecule has 2 heterocycles. The van der Waals surface area contributed by atoms with Crippen molar-refractivity contribution >= 4 is 33.1 Å². The van der Waals surface area contributed by atoms with Gasteiger partial charge < -0.3 is 10.1 Å². The molecule has 6 nitrogen and oxygen atoms in total. The summed E-state index contributed by atoms with van der Waals surface area (Å²) in [6.07, 6.45) is 0.992. The molecular formula is C22H25FN4O2S. The quantitative estimate of drug-likeness (QED) is 0.650. The molecule has 0 unspecified atom stereocenters. The average Bonchev–Trinajstić information content (AvgIpc) is 2.99. The summed E-state index contributed by atoms with van der Waals surface area (Å²) >= 11 is 1.55. The lowest BCUT2D eigenvalue weighted by Crippen LogP contribution is -2.36. The number of rotatable bonds is 6. The van der Waals surface area contributed by atoms with E-state index in [1.165, 1.54) is 6.07 Å². The first-order valence-electron chi connectivity index (χ1n) is 10.0. The number of benzene rings is 2. The van der Waals surface area contributed by atoms with Gasteiger partial charge in [0, 0.05) is 24.8 Å². The molecule has 0 bridgehead atoms. The predicted molar refractivity (Wildman–Crippen MR) is 118 cm³/mol. The highest BCUT2D eigenvalue weighted by molar-refractivity contribution is 7.18. The van der Waals surface area contributed by atoms with Crippen molar-refractivity contribution in [2.45, 2.75) is 13.0 Å². The number of amides is 1. The van der Waals surface area contributed by atoms with E-state index in [4.69, 9.17) is 4.74 Å². The van der Waals surface area contributed by atoms with Crippen molar-refractivity contribution in [2.75, 3.05) is 45.2 Å². The molecule has 1 fully saturated rings. The van der Waals surface area contributed by atoms with Gasteiger partial charge in [-0.25, -0.2) is 9.37 Å². The highest BCUT2D eigenvalue weighted by Gasteiger charge is 2.18. The Morgan fingerprint density at radius 3 is 2.87 bits per heavy atom. The van der Waals surface area contributed by atoms with Crippen LogP contribution in [0.25, 0.3) is 10.2 Å². The Morgan fingerprint density at radius 1 is 1.17 bits per heavy atom. The molecular weight excluding hydrogens is 403 g/mol. The predicted octanol–water partition coefficient (Wildman–Crippen LogP) is 3.59. The third-order valence-corrected chi connectivity index (χ3v) is 6.16. The van der Waals surface area contributed by atoms with Crippen molar-refractivity contribution in [1.82, 2.24) is 14.8 Å². The van der Waals surface area contributed by atoms with E-state index >= 15 is 0 Å². The minimum Gasteiger partial charge on any atom is -0.497 e. The number of carbonyl (C=O) groups excluding carboxylic acids is 1. The van der Waals surface area contributed by atoms with Crippen LogP contribution in [0.3, 0.4) is 0 Å². The summed E-state index contributed by atoms with van der Waals surface area (Å²) in [7, 11) is 1.61. The molecule has 158 valence electrons. The number of hydrogen-bond donors (Lipinski definition) is 1. The van der Waals surface area contributed by atoms with Crippen molar-refractivity contribution in [3.05, 3.63) is 53.3 Å². The van der Waals surface area contributed by atoms with Gasteiger partial charge in [-0.3, -0.25) is 14.6 Å².